The molecule has 4 heteroatoms. The number of nitrogens with one attached hydrogen (secondary N) is 1. The number of nitrogens with zero attached hydrogens (tertiary/aromatic N) is 1. The molecule has 4 nitrogen and oxygen atoms in total. The molecule has 3 N–H and O–H groups in total. The molecule has 20 heavy (non-hydrogen) atoms. The smallest absolute Gasteiger partial charge is 0.119 e. The number of ether oxygens (including phenoxy) is 1. The van der Waals surface area contributed by atoms with E-state index in [1.54, 1.807) is 0 Å². The maximum atomic E-state index is 5.92. The summed E-state index contributed by atoms with van der Waals surface area (Å²) in [7, 11) is 0. The van der Waals surface area contributed by atoms with E-state index in [0.717, 1.165) is 18.8 Å². The van der Waals surface area contributed by atoms with Gasteiger partial charge in [-0.2, -0.15) is 0 Å². The van der Waals surface area contributed by atoms with Crippen molar-refractivity contribution in [3.8, 4) is 5.75 Å². The van der Waals surface area contributed by atoms with Crippen molar-refractivity contribution in [3.63, 3.8) is 0 Å². The van der Waals surface area contributed by atoms with Gasteiger partial charge in [-0.15, -0.1) is 0 Å². The Labute approximate surface area is 122 Å². The Morgan fingerprint density at radius 1 is 1.15 bits per heavy atom. The number of hydrogen-bond acceptors (Lipinski definition) is 4. The molecule has 1 heterocycles. The Hall–Kier alpha value is -1.10. The number of hydrazine groups is 1. The van der Waals surface area contributed by atoms with Gasteiger partial charge in [-0.3, -0.25) is 0 Å². The van der Waals surface area contributed by atoms with E-state index in [9.17, 15) is 0 Å². The second-order valence-corrected chi connectivity index (χ2v) is 5.70. The molecule has 1 aliphatic rings. The van der Waals surface area contributed by atoms with Gasteiger partial charge < -0.3 is 10.5 Å². The van der Waals surface area contributed by atoms with Crippen molar-refractivity contribution in [1.82, 2.24) is 10.4 Å². The van der Waals surface area contributed by atoms with Crippen LogP contribution in [0.15, 0.2) is 24.3 Å². The van der Waals surface area contributed by atoms with Crippen LogP contribution in [0.2, 0.25) is 0 Å². The van der Waals surface area contributed by atoms with Crippen LogP contribution >= 0.6 is 0 Å². The zero-order valence-electron chi connectivity index (χ0n) is 12.6. The maximum Gasteiger partial charge on any atom is 0.119 e. The molecule has 1 saturated heterocycles. The van der Waals surface area contributed by atoms with Crippen molar-refractivity contribution in [2.45, 2.75) is 45.3 Å². The lowest BCUT2D eigenvalue weighted by atomic mass is 10.1. The molecule has 0 spiro atoms. The highest BCUT2D eigenvalue weighted by Crippen LogP contribution is 2.19. The molecule has 1 aromatic carbocycles. The zero-order valence-corrected chi connectivity index (χ0v) is 12.6. The quantitative estimate of drug-likeness (QED) is 0.838. The summed E-state index contributed by atoms with van der Waals surface area (Å²) in [5.41, 5.74) is 10.7. The molecule has 0 bridgehead atoms. The summed E-state index contributed by atoms with van der Waals surface area (Å²) >= 11 is 0. The molecule has 0 aromatic heterocycles. The van der Waals surface area contributed by atoms with Gasteiger partial charge in [0.2, 0.25) is 0 Å². The Kier molecular flexibility index (Phi) is 5.83. The van der Waals surface area contributed by atoms with Crippen LogP contribution in [-0.2, 0) is 0 Å². The van der Waals surface area contributed by atoms with Gasteiger partial charge >= 0.3 is 0 Å². The van der Waals surface area contributed by atoms with Crippen molar-refractivity contribution >= 4 is 0 Å². The van der Waals surface area contributed by atoms with Crippen LogP contribution in [0.3, 0.4) is 0 Å². The molecule has 0 radical (unpaired) electrons. The van der Waals surface area contributed by atoms with Gasteiger partial charge in [-0.1, -0.05) is 18.6 Å². The van der Waals surface area contributed by atoms with Crippen LogP contribution in [0.1, 0.15) is 44.7 Å². The second-order valence-electron chi connectivity index (χ2n) is 5.70. The van der Waals surface area contributed by atoms with E-state index in [0.29, 0.717) is 6.54 Å². The van der Waals surface area contributed by atoms with E-state index in [1.165, 1.54) is 24.8 Å². The number of hydrogen-bond donors (Lipinski definition) is 2. The molecule has 2 rings (SSSR count). The van der Waals surface area contributed by atoms with Gasteiger partial charge in [0.15, 0.2) is 0 Å². The molecule has 0 amide bonds. The third-order valence-corrected chi connectivity index (χ3v) is 3.58. The van der Waals surface area contributed by atoms with Crippen molar-refractivity contribution < 1.29 is 4.74 Å². The summed E-state index contributed by atoms with van der Waals surface area (Å²) in [5.74, 6) is 0.914. The van der Waals surface area contributed by atoms with Gasteiger partial charge in [-0.05, 0) is 44.4 Å². The van der Waals surface area contributed by atoms with Crippen molar-refractivity contribution in [3.05, 3.63) is 29.8 Å². The number of piperidine rings is 1. The van der Waals surface area contributed by atoms with Crippen LogP contribution in [-0.4, -0.2) is 30.7 Å². The standard InChI is InChI=1S/C16H27N3O/c1-13(2)20-15-8-6-14(7-9-15)16(12-17)18-19-10-4-3-5-11-19/h6-9,13,16,18H,3-5,10-12,17H2,1-2H3. The minimum Gasteiger partial charge on any atom is -0.491 e. The van der Waals surface area contributed by atoms with E-state index >= 15 is 0 Å². The zero-order chi connectivity index (χ0) is 14.4. The van der Waals surface area contributed by atoms with Gasteiger partial charge in [-0.25, -0.2) is 10.4 Å². The predicted molar refractivity (Wildman–Crippen MR) is 82.6 cm³/mol. The average Bonchev–Trinajstić information content (AvgIpc) is 2.46. The summed E-state index contributed by atoms with van der Waals surface area (Å²) in [6.07, 6.45) is 4.08. The van der Waals surface area contributed by atoms with Crippen molar-refractivity contribution in [2.24, 2.45) is 5.73 Å². The van der Waals surface area contributed by atoms with Crippen LogP contribution in [0.25, 0.3) is 0 Å². The number of nitrogens with two attached hydrogens (primary N) is 1. The van der Waals surface area contributed by atoms with E-state index < -0.39 is 0 Å². The third-order valence-electron chi connectivity index (χ3n) is 3.58. The summed E-state index contributed by atoms with van der Waals surface area (Å²) in [6, 6.07) is 8.44. The molecule has 0 saturated carbocycles. The van der Waals surface area contributed by atoms with Crippen molar-refractivity contribution in [1.29, 1.82) is 0 Å². The second kappa shape index (κ2) is 7.62. The minimum absolute atomic E-state index is 0.182. The van der Waals surface area contributed by atoms with Crippen LogP contribution < -0.4 is 15.9 Å². The monoisotopic (exact) mass is 277 g/mol. The lowest BCUT2D eigenvalue weighted by molar-refractivity contribution is 0.130. The first-order chi connectivity index (χ1) is 9.69. The first kappa shape index (κ1) is 15.3. The van der Waals surface area contributed by atoms with Gasteiger partial charge in [0.05, 0.1) is 12.1 Å². The molecular formula is C16H27N3O. The van der Waals surface area contributed by atoms with Crippen LogP contribution in [0.5, 0.6) is 5.75 Å². The normalized spacial score (nSPS) is 18.2. The molecule has 1 unspecified atom stereocenters. The number of rotatable bonds is 6. The Morgan fingerprint density at radius 2 is 1.80 bits per heavy atom. The predicted octanol–water partition coefficient (Wildman–Crippen LogP) is 2.46. The molecule has 112 valence electrons. The summed E-state index contributed by atoms with van der Waals surface area (Å²) in [6.45, 7) is 6.90. The molecular weight excluding hydrogens is 250 g/mol. The van der Waals surface area contributed by atoms with Crippen LogP contribution in [0, 0.1) is 0 Å². The highest BCUT2D eigenvalue weighted by Gasteiger charge is 2.16. The van der Waals surface area contributed by atoms with E-state index in [-0.39, 0.29) is 12.1 Å². The fraction of sp³-hybridized carbons (Fsp3) is 0.625. The topological polar surface area (TPSA) is 50.5 Å². The highest BCUT2D eigenvalue weighted by molar-refractivity contribution is 5.29. The van der Waals surface area contributed by atoms with Crippen LogP contribution in [0.4, 0.5) is 0 Å². The SMILES string of the molecule is CC(C)Oc1ccc(C(CN)NN2CCCCC2)cc1. The summed E-state index contributed by atoms with van der Waals surface area (Å²) in [4.78, 5) is 0. The van der Waals surface area contributed by atoms with Gasteiger partial charge in [0, 0.05) is 19.6 Å². The Morgan fingerprint density at radius 3 is 2.35 bits per heavy atom. The molecule has 1 aliphatic heterocycles. The summed E-state index contributed by atoms with van der Waals surface area (Å²) < 4.78 is 5.67. The Balaban J connectivity index is 1.95. The number of benzene rings is 1. The van der Waals surface area contributed by atoms with Gasteiger partial charge in [0.1, 0.15) is 5.75 Å². The third kappa shape index (κ3) is 4.47. The van der Waals surface area contributed by atoms with E-state index in [4.69, 9.17) is 10.5 Å². The first-order valence-corrected chi connectivity index (χ1v) is 7.67. The van der Waals surface area contributed by atoms with E-state index in [1.807, 2.05) is 26.0 Å². The van der Waals surface area contributed by atoms with E-state index in [2.05, 4.69) is 22.6 Å². The largest absolute Gasteiger partial charge is 0.491 e. The molecule has 1 fully saturated rings. The lowest BCUT2D eigenvalue weighted by Gasteiger charge is -2.31. The highest BCUT2D eigenvalue weighted by atomic mass is 16.5. The maximum absolute atomic E-state index is 5.92. The van der Waals surface area contributed by atoms with Crippen molar-refractivity contribution in [2.75, 3.05) is 19.6 Å². The fourth-order valence-corrected chi connectivity index (χ4v) is 2.56. The molecule has 1 aromatic rings. The minimum atomic E-state index is 0.182. The van der Waals surface area contributed by atoms with Gasteiger partial charge in [0.25, 0.3) is 0 Å². The molecule has 1 atom stereocenters. The molecule has 0 aliphatic carbocycles. The lowest BCUT2D eigenvalue weighted by Crippen LogP contribution is -2.45. The fourth-order valence-electron chi connectivity index (χ4n) is 2.56. The average molecular weight is 277 g/mol. The Bertz CT molecular complexity index is 385. The summed E-state index contributed by atoms with van der Waals surface area (Å²) in [5, 5.41) is 2.31. The first-order valence-electron chi connectivity index (χ1n) is 7.67.